The van der Waals surface area contributed by atoms with Crippen molar-refractivity contribution in [1.82, 2.24) is 4.98 Å². The Morgan fingerprint density at radius 2 is 2.33 bits per heavy atom. The van der Waals surface area contributed by atoms with Gasteiger partial charge in [-0.25, -0.2) is 0 Å². The minimum absolute atomic E-state index is 0.111. The molecule has 48 valence electrons. The molecule has 2 nitrogen and oxygen atoms in total. The fourth-order valence-electron chi connectivity index (χ4n) is 0.711. The number of hydrogen-bond donors (Lipinski definition) is 1. The zero-order valence-corrected chi connectivity index (χ0v) is 5.56. The molecule has 0 fully saturated rings. The zero-order chi connectivity index (χ0) is 6.85. The van der Waals surface area contributed by atoms with Gasteiger partial charge in [0.25, 0.3) is 0 Å². The number of carbonyl (C=O) groups is 1. The Balaban J connectivity index is 2.98. The first-order valence-electron chi connectivity index (χ1n) is 2.86. The fraction of sp³-hybridized carbons (Fsp3) is 0.286. The van der Waals surface area contributed by atoms with E-state index < -0.39 is 0 Å². The number of ketones is 1. The highest BCUT2D eigenvalue weighted by Gasteiger charge is 1.98. The molecule has 0 atom stereocenters. The van der Waals surface area contributed by atoms with E-state index in [-0.39, 0.29) is 5.78 Å². The van der Waals surface area contributed by atoms with Gasteiger partial charge in [0, 0.05) is 17.5 Å². The SMILES string of the molecule is CC(=O)c1c[nH]c(C)c1. The Bertz CT molecular complexity index is 225. The van der Waals surface area contributed by atoms with E-state index in [9.17, 15) is 4.79 Å². The molecular formula is C7H9NO. The number of rotatable bonds is 1. The minimum Gasteiger partial charge on any atom is -0.364 e. The van der Waals surface area contributed by atoms with Crippen molar-refractivity contribution in [2.75, 3.05) is 0 Å². The third-order valence-corrected chi connectivity index (χ3v) is 1.23. The van der Waals surface area contributed by atoms with Gasteiger partial charge >= 0.3 is 0 Å². The second-order valence-electron chi connectivity index (χ2n) is 2.13. The van der Waals surface area contributed by atoms with Crippen LogP contribution in [0.5, 0.6) is 0 Å². The maximum atomic E-state index is 10.6. The Hall–Kier alpha value is -1.05. The van der Waals surface area contributed by atoms with E-state index in [1.54, 1.807) is 13.1 Å². The first-order valence-corrected chi connectivity index (χ1v) is 2.86. The summed E-state index contributed by atoms with van der Waals surface area (Å²) in [6.45, 7) is 3.48. The van der Waals surface area contributed by atoms with Crippen LogP contribution in [-0.2, 0) is 0 Å². The zero-order valence-electron chi connectivity index (χ0n) is 5.56. The van der Waals surface area contributed by atoms with Crippen LogP contribution in [0.1, 0.15) is 23.0 Å². The highest BCUT2D eigenvalue weighted by molar-refractivity contribution is 5.93. The molecule has 0 aliphatic heterocycles. The summed E-state index contributed by atoms with van der Waals surface area (Å²) in [6, 6.07) is 1.84. The van der Waals surface area contributed by atoms with Crippen LogP contribution >= 0.6 is 0 Å². The number of aromatic nitrogens is 1. The number of hydrogen-bond acceptors (Lipinski definition) is 1. The van der Waals surface area contributed by atoms with Gasteiger partial charge in [-0.1, -0.05) is 0 Å². The summed E-state index contributed by atoms with van der Waals surface area (Å²) in [7, 11) is 0. The number of H-pyrrole nitrogens is 1. The highest BCUT2D eigenvalue weighted by atomic mass is 16.1. The van der Waals surface area contributed by atoms with Crippen LogP contribution in [0.15, 0.2) is 12.3 Å². The summed E-state index contributed by atoms with van der Waals surface area (Å²) in [4.78, 5) is 13.6. The van der Waals surface area contributed by atoms with E-state index in [0.717, 1.165) is 11.3 Å². The van der Waals surface area contributed by atoms with E-state index >= 15 is 0 Å². The third kappa shape index (κ3) is 1.19. The second kappa shape index (κ2) is 2.05. The smallest absolute Gasteiger partial charge is 0.161 e. The summed E-state index contributed by atoms with van der Waals surface area (Å²) in [5.41, 5.74) is 1.78. The lowest BCUT2D eigenvalue weighted by Gasteiger charge is -1.80. The van der Waals surface area contributed by atoms with Crippen molar-refractivity contribution >= 4 is 5.78 Å². The summed E-state index contributed by atoms with van der Waals surface area (Å²) >= 11 is 0. The quantitative estimate of drug-likeness (QED) is 0.564. The predicted molar refractivity (Wildman–Crippen MR) is 35.5 cm³/mol. The number of nitrogens with one attached hydrogen (secondary N) is 1. The van der Waals surface area contributed by atoms with Crippen LogP contribution < -0.4 is 0 Å². The van der Waals surface area contributed by atoms with Crippen LogP contribution in [0.4, 0.5) is 0 Å². The normalized spacial score (nSPS) is 9.56. The van der Waals surface area contributed by atoms with Gasteiger partial charge in [-0.15, -0.1) is 0 Å². The summed E-state index contributed by atoms with van der Waals surface area (Å²) in [6.07, 6.45) is 1.72. The molecule has 0 spiro atoms. The molecule has 1 aromatic rings. The first-order chi connectivity index (χ1) is 4.20. The van der Waals surface area contributed by atoms with Crippen LogP contribution in [0.2, 0.25) is 0 Å². The van der Waals surface area contributed by atoms with Crippen molar-refractivity contribution in [3.63, 3.8) is 0 Å². The lowest BCUT2D eigenvalue weighted by molar-refractivity contribution is 0.101. The Morgan fingerprint density at radius 1 is 1.67 bits per heavy atom. The molecule has 0 amide bonds. The second-order valence-corrected chi connectivity index (χ2v) is 2.13. The number of aromatic amines is 1. The van der Waals surface area contributed by atoms with Crippen molar-refractivity contribution in [3.8, 4) is 0 Å². The van der Waals surface area contributed by atoms with Gasteiger partial charge in [0.1, 0.15) is 0 Å². The monoisotopic (exact) mass is 123 g/mol. The van der Waals surface area contributed by atoms with Crippen LogP contribution in [0.3, 0.4) is 0 Å². The average Bonchev–Trinajstić information content (AvgIpc) is 2.14. The Morgan fingerprint density at radius 3 is 2.56 bits per heavy atom. The number of Topliss-reactive ketones (excluding diaryl/α,β-unsaturated/α-hetero) is 1. The van der Waals surface area contributed by atoms with Crippen LogP contribution in [0, 0.1) is 6.92 Å². The van der Waals surface area contributed by atoms with E-state index in [4.69, 9.17) is 0 Å². The molecule has 2 heteroatoms. The van der Waals surface area contributed by atoms with Gasteiger partial charge in [-0.05, 0) is 19.9 Å². The molecule has 0 saturated heterocycles. The van der Waals surface area contributed by atoms with Gasteiger partial charge in [-0.2, -0.15) is 0 Å². The average molecular weight is 123 g/mol. The van der Waals surface area contributed by atoms with E-state index in [1.165, 1.54) is 0 Å². The number of carbonyl (C=O) groups excluding carboxylic acids is 1. The van der Waals surface area contributed by atoms with Crippen molar-refractivity contribution in [2.24, 2.45) is 0 Å². The summed E-state index contributed by atoms with van der Waals surface area (Å²) in [5.74, 6) is 0.111. The van der Waals surface area contributed by atoms with Crippen molar-refractivity contribution in [3.05, 3.63) is 23.5 Å². The molecule has 0 aliphatic rings. The molecule has 1 heterocycles. The van der Waals surface area contributed by atoms with E-state index in [2.05, 4.69) is 4.98 Å². The molecule has 0 aliphatic carbocycles. The molecule has 0 radical (unpaired) electrons. The molecular weight excluding hydrogens is 114 g/mol. The molecule has 0 bridgehead atoms. The molecule has 9 heavy (non-hydrogen) atoms. The Kier molecular flexibility index (Phi) is 1.39. The predicted octanol–water partition coefficient (Wildman–Crippen LogP) is 1.53. The molecule has 0 saturated carbocycles. The molecule has 1 aromatic heterocycles. The lowest BCUT2D eigenvalue weighted by atomic mass is 10.2. The van der Waals surface area contributed by atoms with Gasteiger partial charge in [-0.3, -0.25) is 4.79 Å². The standard InChI is InChI=1S/C7H9NO/c1-5-3-7(4-8-5)6(2)9/h3-4,8H,1-2H3. The Labute approximate surface area is 53.9 Å². The van der Waals surface area contributed by atoms with Crippen molar-refractivity contribution in [1.29, 1.82) is 0 Å². The summed E-state index contributed by atoms with van der Waals surface area (Å²) in [5, 5.41) is 0. The van der Waals surface area contributed by atoms with Crippen molar-refractivity contribution < 1.29 is 4.79 Å². The molecule has 0 aromatic carbocycles. The van der Waals surface area contributed by atoms with Gasteiger partial charge < -0.3 is 4.98 Å². The number of aryl methyl sites for hydroxylation is 1. The van der Waals surface area contributed by atoms with E-state index in [1.807, 2.05) is 13.0 Å². The van der Waals surface area contributed by atoms with Gasteiger partial charge in [0.15, 0.2) is 5.78 Å². The van der Waals surface area contributed by atoms with Gasteiger partial charge in [0.05, 0.1) is 0 Å². The van der Waals surface area contributed by atoms with Crippen LogP contribution in [0.25, 0.3) is 0 Å². The first kappa shape index (κ1) is 6.08. The third-order valence-electron chi connectivity index (χ3n) is 1.23. The summed E-state index contributed by atoms with van der Waals surface area (Å²) < 4.78 is 0. The maximum Gasteiger partial charge on any atom is 0.161 e. The minimum atomic E-state index is 0.111. The fourth-order valence-corrected chi connectivity index (χ4v) is 0.711. The molecule has 1 rings (SSSR count). The topological polar surface area (TPSA) is 32.9 Å². The highest BCUT2D eigenvalue weighted by Crippen LogP contribution is 2.01. The van der Waals surface area contributed by atoms with E-state index in [0.29, 0.717) is 0 Å². The van der Waals surface area contributed by atoms with Crippen LogP contribution in [-0.4, -0.2) is 10.8 Å². The largest absolute Gasteiger partial charge is 0.364 e. The molecule has 1 N–H and O–H groups in total. The van der Waals surface area contributed by atoms with Crippen molar-refractivity contribution in [2.45, 2.75) is 13.8 Å². The maximum absolute atomic E-state index is 10.6. The van der Waals surface area contributed by atoms with Gasteiger partial charge in [0.2, 0.25) is 0 Å². The molecule has 0 unspecified atom stereocenters. The lowest BCUT2D eigenvalue weighted by Crippen LogP contribution is -1.85.